The van der Waals surface area contributed by atoms with E-state index in [0.717, 1.165) is 23.6 Å². The van der Waals surface area contributed by atoms with E-state index in [0.29, 0.717) is 27.8 Å². The molecule has 3 aromatic rings. The Hall–Kier alpha value is -2.05. The minimum Gasteiger partial charge on any atom is -0.319 e. The summed E-state index contributed by atoms with van der Waals surface area (Å²) in [7, 11) is 0. The van der Waals surface area contributed by atoms with Crippen LogP contribution in [-0.2, 0) is 0 Å². The molecule has 0 saturated heterocycles. The molecule has 2 heterocycles. The van der Waals surface area contributed by atoms with Crippen LogP contribution in [0.4, 0.5) is 5.69 Å². The first-order chi connectivity index (χ1) is 12.2. The minimum absolute atomic E-state index is 0.248. The van der Waals surface area contributed by atoms with Gasteiger partial charge >= 0.3 is 0 Å². The van der Waals surface area contributed by atoms with E-state index >= 15 is 0 Å². The summed E-state index contributed by atoms with van der Waals surface area (Å²) in [5, 5.41) is 12.0. The first-order valence-corrected chi connectivity index (χ1v) is 9.76. The molecule has 1 N–H and O–H groups in total. The van der Waals surface area contributed by atoms with E-state index < -0.39 is 0 Å². The van der Waals surface area contributed by atoms with Crippen LogP contribution in [0.1, 0.15) is 41.4 Å². The number of nitrogens with zero attached hydrogens (tertiary/aromatic N) is 3. The Balaban J connectivity index is 1.66. The molecule has 5 nitrogen and oxygen atoms in total. The Kier molecular flexibility index (Phi) is 4.39. The van der Waals surface area contributed by atoms with E-state index in [-0.39, 0.29) is 5.91 Å². The number of pyridine rings is 1. The number of fused-ring (bicyclic) bond motifs is 1. The Labute approximate surface area is 154 Å². The number of carbonyl (C=O) groups excluding carboxylic acids is 1. The number of anilines is 1. The molecule has 0 aliphatic heterocycles. The van der Waals surface area contributed by atoms with Crippen LogP contribution in [0.3, 0.4) is 0 Å². The first kappa shape index (κ1) is 16.4. The van der Waals surface area contributed by atoms with Crippen LogP contribution in [0.5, 0.6) is 0 Å². The molecule has 4 rings (SSSR count). The lowest BCUT2D eigenvalue weighted by molar-refractivity contribution is 0.102. The van der Waals surface area contributed by atoms with Crippen LogP contribution in [0, 0.1) is 0 Å². The SMILES string of the molecule is CSc1ccc(Cl)c(C(=O)Nc2cccn3c(C4CCC4)nnc23)c1. The maximum absolute atomic E-state index is 12.7. The van der Waals surface area contributed by atoms with Crippen molar-refractivity contribution in [1.29, 1.82) is 0 Å². The number of rotatable bonds is 4. The molecule has 25 heavy (non-hydrogen) atoms. The lowest BCUT2D eigenvalue weighted by Gasteiger charge is -2.23. The molecule has 1 aliphatic carbocycles. The lowest BCUT2D eigenvalue weighted by atomic mass is 9.85. The van der Waals surface area contributed by atoms with Gasteiger partial charge in [0.2, 0.25) is 0 Å². The fourth-order valence-electron chi connectivity index (χ4n) is 2.97. The summed E-state index contributed by atoms with van der Waals surface area (Å²) in [4.78, 5) is 13.7. The first-order valence-electron chi connectivity index (χ1n) is 8.16. The zero-order chi connectivity index (χ0) is 17.4. The molecule has 0 unspecified atom stereocenters. The Morgan fingerprint density at radius 2 is 2.16 bits per heavy atom. The molecule has 7 heteroatoms. The Bertz CT molecular complexity index is 951. The molecular formula is C18H17ClN4OS. The van der Waals surface area contributed by atoms with Gasteiger partial charge in [0.25, 0.3) is 5.91 Å². The van der Waals surface area contributed by atoms with Crippen molar-refractivity contribution >= 4 is 40.6 Å². The van der Waals surface area contributed by atoms with Gasteiger partial charge in [-0.1, -0.05) is 18.0 Å². The zero-order valence-electron chi connectivity index (χ0n) is 13.7. The van der Waals surface area contributed by atoms with Crippen molar-refractivity contribution in [3.05, 3.63) is 52.9 Å². The number of aromatic nitrogens is 3. The van der Waals surface area contributed by atoms with E-state index in [4.69, 9.17) is 11.6 Å². The summed E-state index contributed by atoms with van der Waals surface area (Å²) >= 11 is 7.77. The quantitative estimate of drug-likeness (QED) is 0.678. The van der Waals surface area contributed by atoms with Crippen molar-refractivity contribution in [2.24, 2.45) is 0 Å². The summed E-state index contributed by atoms with van der Waals surface area (Å²) in [6.07, 6.45) is 7.44. The average Bonchev–Trinajstić information content (AvgIpc) is 2.98. The van der Waals surface area contributed by atoms with Crippen molar-refractivity contribution in [3.8, 4) is 0 Å². The van der Waals surface area contributed by atoms with Gasteiger partial charge in [0.15, 0.2) is 5.65 Å². The number of nitrogens with one attached hydrogen (secondary N) is 1. The smallest absolute Gasteiger partial charge is 0.257 e. The molecule has 0 atom stereocenters. The molecule has 1 saturated carbocycles. The average molecular weight is 373 g/mol. The van der Waals surface area contributed by atoms with Crippen LogP contribution < -0.4 is 5.32 Å². The van der Waals surface area contributed by atoms with Crippen molar-refractivity contribution in [1.82, 2.24) is 14.6 Å². The van der Waals surface area contributed by atoms with E-state index in [1.54, 1.807) is 23.9 Å². The second-order valence-electron chi connectivity index (χ2n) is 6.10. The van der Waals surface area contributed by atoms with Gasteiger partial charge in [-0.2, -0.15) is 0 Å². The van der Waals surface area contributed by atoms with Crippen LogP contribution in [-0.4, -0.2) is 26.8 Å². The molecular weight excluding hydrogens is 356 g/mol. The fourth-order valence-corrected chi connectivity index (χ4v) is 3.61. The molecule has 0 bridgehead atoms. The summed E-state index contributed by atoms with van der Waals surface area (Å²) in [5.41, 5.74) is 1.75. The van der Waals surface area contributed by atoms with E-state index in [1.807, 2.05) is 35.1 Å². The summed E-state index contributed by atoms with van der Waals surface area (Å²) < 4.78 is 1.97. The van der Waals surface area contributed by atoms with Crippen molar-refractivity contribution in [3.63, 3.8) is 0 Å². The number of benzene rings is 1. The number of amides is 1. The van der Waals surface area contributed by atoms with Gasteiger partial charge < -0.3 is 5.32 Å². The number of carbonyl (C=O) groups is 1. The normalized spacial score (nSPS) is 14.5. The van der Waals surface area contributed by atoms with Crippen LogP contribution >= 0.6 is 23.4 Å². The Morgan fingerprint density at radius 3 is 2.88 bits per heavy atom. The third kappa shape index (κ3) is 3.00. The lowest BCUT2D eigenvalue weighted by Crippen LogP contribution is -2.14. The highest BCUT2D eigenvalue weighted by Gasteiger charge is 2.25. The molecule has 1 aliphatic rings. The largest absolute Gasteiger partial charge is 0.319 e. The monoisotopic (exact) mass is 372 g/mol. The van der Waals surface area contributed by atoms with Gasteiger partial charge in [0.05, 0.1) is 16.3 Å². The topological polar surface area (TPSA) is 59.3 Å². The van der Waals surface area contributed by atoms with Gasteiger partial charge in [-0.15, -0.1) is 22.0 Å². The second-order valence-corrected chi connectivity index (χ2v) is 7.39. The predicted octanol–water partition coefficient (Wildman–Crippen LogP) is 4.62. The van der Waals surface area contributed by atoms with Crippen molar-refractivity contribution in [2.45, 2.75) is 30.1 Å². The minimum atomic E-state index is -0.248. The molecule has 0 spiro atoms. The summed E-state index contributed by atoms with van der Waals surface area (Å²) in [6.45, 7) is 0. The second kappa shape index (κ2) is 6.69. The van der Waals surface area contributed by atoms with Crippen molar-refractivity contribution < 1.29 is 4.79 Å². The number of halogens is 1. The van der Waals surface area contributed by atoms with Gasteiger partial charge in [-0.25, -0.2) is 0 Å². The number of hydrogen-bond acceptors (Lipinski definition) is 4. The van der Waals surface area contributed by atoms with E-state index in [2.05, 4.69) is 15.5 Å². The number of hydrogen-bond donors (Lipinski definition) is 1. The highest BCUT2D eigenvalue weighted by atomic mass is 35.5. The van der Waals surface area contributed by atoms with Crippen LogP contribution in [0.25, 0.3) is 5.65 Å². The molecule has 2 aromatic heterocycles. The highest BCUT2D eigenvalue weighted by Crippen LogP contribution is 2.36. The van der Waals surface area contributed by atoms with E-state index in [9.17, 15) is 4.79 Å². The van der Waals surface area contributed by atoms with Gasteiger partial charge in [-0.3, -0.25) is 9.20 Å². The van der Waals surface area contributed by atoms with Crippen LogP contribution in [0.15, 0.2) is 41.4 Å². The maximum Gasteiger partial charge on any atom is 0.257 e. The standard InChI is InChI=1S/C18H17ClN4OS/c1-25-12-7-8-14(19)13(10-12)18(24)20-15-6-3-9-23-16(11-4-2-5-11)21-22-17(15)23/h3,6-11H,2,4-5H2,1H3,(H,20,24). The van der Waals surface area contributed by atoms with Gasteiger partial charge in [0.1, 0.15) is 5.82 Å². The molecule has 0 radical (unpaired) electrons. The fraction of sp³-hybridized carbons (Fsp3) is 0.278. The predicted molar refractivity (Wildman–Crippen MR) is 101 cm³/mol. The van der Waals surface area contributed by atoms with E-state index in [1.165, 1.54) is 6.42 Å². The summed E-state index contributed by atoms with van der Waals surface area (Å²) in [5.74, 6) is 1.19. The molecule has 1 fully saturated rings. The zero-order valence-corrected chi connectivity index (χ0v) is 15.3. The maximum atomic E-state index is 12.7. The molecule has 1 aromatic carbocycles. The van der Waals surface area contributed by atoms with Crippen molar-refractivity contribution in [2.75, 3.05) is 11.6 Å². The van der Waals surface area contributed by atoms with Gasteiger partial charge in [-0.05, 0) is 49.4 Å². The third-order valence-electron chi connectivity index (χ3n) is 4.60. The molecule has 128 valence electrons. The van der Waals surface area contributed by atoms with Crippen LogP contribution in [0.2, 0.25) is 5.02 Å². The van der Waals surface area contributed by atoms with Gasteiger partial charge in [0, 0.05) is 17.0 Å². The molecule has 1 amide bonds. The highest BCUT2D eigenvalue weighted by molar-refractivity contribution is 7.98. The summed E-state index contributed by atoms with van der Waals surface area (Å²) in [6, 6.07) is 9.17. The number of thioether (sulfide) groups is 1. The Morgan fingerprint density at radius 1 is 1.32 bits per heavy atom. The third-order valence-corrected chi connectivity index (χ3v) is 5.65.